The smallest absolute Gasteiger partial charge is 0.217 e. The molecule has 0 amide bonds. The molecule has 1 aromatic carbocycles. The fraction of sp³-hybridized carbons (Fsp3) is 0.308. The zero-order valence-corrected chi connectivity index (χ0v) is 9.64. The van der Waals surface area contributed by atoms with Crippen molar-refractivity contribution in [2.75, 3.05) is 0 Å². The molecule has 0 saturated carbocycles. The van der Waals surface area contributed by atoms with Gasteiger partial charge in [0.25, 0.3) is 0 Å². The third-order valence-electron chi connectivity index (χ3n) is 2.73. The lowest BCUT2D eigenvalue weighted by molar-refractivity contribution is 0.428. The first-order valence-electron chi connectivity index (χ1n) is 5.63. The van der Waals surface area contributed by atoms with Gasteiger partial charge in [0.1, 0.15) is 0 Å². The number of hydrogen-bond donors (Lipinski definition) is 1. The largest absolute Gasteiger partial charge is 0.493 e. The summed E-state index contributed by atoms with van der Waals surface area (Å²) in [7, 11) is 0. The molecule has 0 atom stereocenters. The summed E-state index contributed by atoms with van der Waals surface area (Å²) in [5.74, 6) is 0.269. The number of rotatable bonds is 3. The molecule has 3 heteroatoms. The molecule has 0 saturated heterocycles. The van der Waals surface area contributed by atoms with E-state index in [9.17, 15) is 5.11 Å². The Bertz CT molecular complexity index is 474. The summed E-state index contributed by atoms with van der Waals surface area (Å²) in [6, 6.07) is 9.70. The topological polar surface area (TPSA) is 38.0 Å². The Hall–Kier alpha value is -1.77. The molecule has 0 radical (unpaired) electrons. The summed E-state index contributed by atoms with van der Waals surface area (Å²) < 4.78 is 1.61. The van der Waals surface area contributed by atoms with Crippen LogP contribution in [0.1, 0.15) is 25.1 Å². The average molecular weight is 216 g/mol. The van der Waals surface area contributed by atoms with Gasteiger partial charge in [0, 0.05) is 5.56 Å². The van der Waals surface area contributed by atoms with E-state index < -0.39 is 0 Å². The van der Waals surface area contributed by atoms with Gasteiger partial charge in [-0.1, -0.05) is 32.0 Å². The second-order valence-electron chi connectivity index (χ2n) is 3.70. The quantitative estimate of drug-likeness (QED) is 0.856. The van der Waals surface area contributed by atoms with Crippen molar-refractivity contribution in [3.05, 3.63) is 41.6 Å². The van der Waals surface area contributed by atoms with E-state index in [4.69, 9.17) is 0 Å². The van der Waals surface area contributed by atoms with Gasteiger partial charge in [0.05, 0.1) is 11.4 Å². The molecule has 0 unspecified atom stereocenters. The van der Waals surface area contributed by atoms with Crippen LogP contribution in [-0.4, -0.2) is 14.9 Å². The Balaban J connectivity index is 2.54. The van der Waals surface area contributed by atoms with Crippen molar-refractivity contribution in [2.45, 2.75) is 26.7 Å². The van der Waals surface area contributed by atoms with Crippen LogP contribution in [0.2, 0.25) is 0 Å². The number of aryl methyl sites for hydroxylation is 1. The molecule has 0 fully saturated rings. The zero-order valence-electron chi connectivity index (χ0n) is 9.64. The Morgan fingerprint density at radius 3 is 2.31 bits per heavy atom. The molecule has 84 valence electrons. The third kappa shape index (κ3) is 1.69. The maximum Gasteiger partial charge on any atom is 0.217 e. The van der Waals surface area contributed by atoms with Crippen LogP contribution in [0.3, 0.4) is 0 Å². The van der Waals surface area contributed by atoms with Crippen molar-refractivity contribution in [3.8, 4) is 11.6 Å². The predicted octanol–water partition coefficient (Wildman–Crippen LogP) is 2.70. The van der Waals surface area contributed by atoms with E-state index in [1.807, 2.05) is 37.3 Å². The second-order valence-corrected chi connectivity index (χ2v) is 3.70. The Kier molecular flexibility index (Phi) is 2.95. The van der Waals surface area contributed by atoms with Crippen molar-refractivity contribution in [3.63, 3.8) is 0 Å². The molecule has 0 aliphatic rings. The fourth-order valence-corrected chi connectivity index (χ4v) is 1.88. The van der Waals surface area contributed by atoms with Gasteiger partial charge in [-0.25, -0.2) is 4.68 Å². The van der Waals surface area contributed by atoms with Gasteiger partial charge in [-0.2, -0.15) is 5.10 Å². The van der Waals surface area contributed by atoms with Crippen molar-refractivity contribution in [1.82, 2.24) is 9.78 Å². The summed E-state index contributed by atoms with van der Waals surface area (Å²) in [6.07, 6.45) is 1.65. The minimum atomic E-state index is 0.269. The molecule has 0 aliphatic carbocycles. The van der Waals surface area contributed by atoms with E-state index in [-0.39, 0.29) is 5.88 Å². The predicted molar refractivity (Wildman–Crippen MR) is 64.0 cm³/mol. The zero-order chi connectivity index (χ0) is 11.5. The van der Waals surface area contributed by atoms with Crippen LogP contribution in [-0.2, 0) is 12.8 Å². The number of benzene rings is 1. The highest BCUT2D eigenvalue weighted by Crippen LogP contribution is 2.25. The average Bonchev–Trinajstić information content (AvgIpc) is 2.66. The van der Waals surface area contributed by atoms with E-state index >= 15 is 0 Å². The number of para-hydroxylation sites is 1. The first-order valence-corrected chi connectivity index (χ1v) is 5.63. The van der Waals surface area contributed by atoms with Crippen molar-refractivity contribution >= 4 is 0 Å². The van der Waals surface area contributed by atoms with Crippen LogP contribution in [0.15, 0.2) is 30.3 Å². The van der Waals surface area contributed by atoms with Gasteiger partial charge >= 0.3 is 0 Å². The summed E-state index contributed by atoms with van der Waals surface area (Å²) in [4.78, 5) is 0. The lowest BCUT2D eigenvalue weighted by Gasteiger charge is -2.02. The summed E-state index contributed by atoms with van der Waals surface area (Å²) >= 11 is 0. The van der Waals surface area contributed by atoms with Gasteiger partial charge in [-0.15, -0.1) is 0 Å². The molecule has 0 bridgehead atoms. The number of hydrogen-bond acceptors (Lipinski definition) is 2. The molecule has 0 aliphatic heterocycles. The molecular formula is C13H16N2O. The monoisotopic (exact) mass is 216 g/mol. The van der Waals surface area contributed by atoms with Crippen LogP contribution in [0.4, 0.5) is 0 Å². The molecular weight excluding hydrogens is 200 g/mol. The minimum absolute atomic E-state index is 0.269. The van der Waals surface area contributed by atoms with E-state index in [2.05, 4.69) is 12.0 Å². The van der Waals surface area contributed by atoms with E-state index in [1.54, 1.807) is 4.68 Å². The van der Waals surface area contributed by atoms with Crippen molar-refractivity contribution in [2.24, 2.45) is 0 Å². The van der Waals surface area contributed by atoms with Crippen LogP contribution in [0, 0.1) is 0 Å². The van der Waals surface area contributed by atoms with Crippen LogP contribution < -0.4 is 0 Å². The summed E-state index contributed by atoms with van der Waals surface area (Å²) in [6.45, 7) is 4.08. The second kappa shape index (κ2) is 4.39. The Morgan fingerprint density at radius 1 is 1.12 bits per heavy atom. The summed E-state index contributed by atoms with van der Waals surface area (Å²) in [5, 5.41) is 14.5. The normalized spacial score (nSPS) is 10.6. The van der Waals surface area contributed by atoms with Crippen molar-refractivity contribution in [1.29, 1.82) is 0 Å². The third-order valence-corrected chi connectivity index (χ3v) is 2.73. The maximum absolute atomic E-state index is 10.1. The highest BCUT2D eigenvalue weighted by molar-refractivity contribution is 5.40. The molecule has 1 heterocycles. The van der Waals surface area contributed by atoms with Gasteiger partial charge in [-0.3, -0.25) is 0 Å². The molecule has 0 spiro atoms. The standard InChI is InChI=1S/C13H16N2O/c1-3-11-12(4-2)14-15(13(11)16)10-8-6-5-7-9-10/h5-9,16H,3-4H2,1-2H3. The van der Waals surface area contributed by atoms with E-state index in [1.165, 1.54) is 0 Å². The van der Waals surface area contributed by atoms with Crippen LogP contribution in [0.25, 0.3) is 5.69 Å². The van der Waals surface area contributed by atoms with Gasteiger partial charge in [0.15, 0.2) is 0 Å². The molecule has 1 aromatic heterocycles. The maximum atomic E-state index is 10.1. The number of nitrogens with zero attached hydrogens (tertiary/aromatic N) is 2. The van der Waals surface area contributed by atoms with Crippen LogP contribution >= 0.6 is 0 Å². The van der Waals surface area contributed by atoms with Gasteiger partial charge < -0.3 is 5.11 Å². The Labute approximate surface area is 95.3 Å². The lowest BCUT2D eigenvalue weighted by Crippen LogP contribution is -1.95. The SMILES string of the molecule is CCc1nn(-c2ccccc2)c(O)c1CC. The molecule has 3 nitrogen and oxygen atoms in total. The fourth-order valence-electron chi connectivity index (χ4n) is 1.88. The Morgan fingerprint density at radius 2 is 1.81 bits per heavy atom. The van der Waals surface area contributed by atoms with E-state index in [0.29, 0.717) is 0 Å². The van der Waals surface area contributed by atoms with Crippen molar-refractivity contribution < 1.29 is 5.11 Å². The summed E-state index contributed by atoms with van der Waals surface area (Å²) in [5.41, 5.74) is 2.82. The lowest BCUT2D eigenvalue weighted by atomic mass is 10.1. The molecule has 16 heavy (non-hydrogen) atoms. The molecule has 2 aromatic rings. The highest BCUT2D eigenvalue weighted by Gasteiger charge is 2.14. The van der Waals surface area contributed by atoms with Crippen LogP contribution in [0.5, 0.6) is 5.88 Å². The first-order chi connectivity index (χ1) is 7.77. The first kappa shape index (κ1) is 10.7. The number of aromatic hydroxyl groups is 1. The molecule has 1 N–H and O–H groups in total. The minimum Gasteiger partial charge on any atom is -0.493 e. The molecule has 2 rings (SSSR count). The van der Waals surface area contributed by atoms with Gasteiger partial charge in [-0.05, 0) is 25.0 Å². The highest BCUT2D eigenvalue weighted by atomic mass is 16.3. The number of aromatic nitrogens is 2. The van der Waals surface area contributed by atoms with E-state index in [0.717, 1.165) is 29.8 Å². The van der Waals surface area contributed by atoms with Gasteiger partial charge in [0.2, 0.25) is 5.88 Å².